The lowest BCUT2D eigenvalue weighted by atomic mass is 10.1. The van der Waals surface area contributed by atoms with Crippen LogP contribution >= 0.6 is 11.8 Å². The minimum absolute atomic E-state index is 0.329. The summed E-state index contributed by atoms with van der Waals surface area (Å²) < 4.78 is 0. The van der Waals surface area contributed by atoms with Crippen molar-refractivity contribution in [2.24, 2.45) is 4.99 Å². The number of aliphatic imine (C=N–C) groups is 1. The molecule has 0 aliphatic carbocycles. The van der Waals surface area contributed by atoms with Gasteiger partial charge in [0, 0.05) is 25.9 Å². The molecule has 0 amide bonds. The van der Waals surface area contributed by atoms with Gasteiger partial charge in [0.1, 0.15) is 0 Å². The summed E-state index contributed by atoms with van der Waals surface area (Å²) in [5.74, 6) is 1.94. The molecule has 0 aliphatic heterocycles. The third kappa shape index (κ3) is 5.84. The molecule has 0 spiro atoms. The lowest BCUT2D eigenvalue weighted by molar-refractivity contribution is 0.298. The SMILES string of the molecule is CN=C(NCCSC)NCC(c1ccccc1)N(C)C. The summed E-state index contributed by atoms with van der Waals surface area (Å²) in [4.78, 5) is 6.47. The van der Waals surface area contributed by atoms with E-state index in [2.05, 4.69) is 65.1 Å². The maximum Gasteiger partial charge on any atom is 0.191 e. The molecule has 2 N–H and O–H groups in total. The van der Waals surface area contributed by atoms with Crippen molar-refractivity contribution in [1.29, 1.82) is 0 Å². The van der Waals surface area contributed by atoms with Crippen molar-refractivity contribution in [3.05, 3.63) is 35.9 Å². The van der Waals surface area contributed by atoms with Gasteiger partial charge >= 0.3 is 0 Å². The van der Waals surface area contributed by atoms with Crippen LogP contribution < -0.4 is 10.6 Å². The van der Waals surface area contributed by atoms with E-state index in [0.29, 0.717) is 6.04 Å². The van der Waals surface area contributed by atoms with Gasteiger partial charge in [-0.25, -0.2) is 0 Å². The Hall–Kier alpha value is -1.20. The Kier molecular flexibility index (Phi) is 8.14. The average molecular weight is 294 g/mol. The molecule has 0 aliphatic rings. The fourth-order valence-electron chi connectivity index (χ4n) is 1.96. The number of hydrogen-bond acceptors (Lipinski definition) is 3. The zero-order valence-corrected chi connectivity index (χ0v) is 13.7. The zero-order valence-electron chi connectivity index (χ0n) is 12.9. The van der Waals surface area contributed by atoms with Crippen LogP contribution in [0, 0.1) is 0 Å². The molecule has 0 heterocycles. The van der Waals surface area contributed by atoms with Crippen molar-refractivity contribution in [3.63, 3.8) is 0 Å². The first-order valence-corrected chi connectivity index (χ1v) is 8.23. The largest absolute Gasteiger partial charge is 0.356 e. The summed E-state index contributed by atoms with van der Waals surface area (Å²) in [7, 11) is 6.01. The normalized spacial score (nSPS) is 13.3. The molecule has 0 saturated carbocycles. The van der Waals surface area contributed by atoms with Crippen molar-refractivity contribution in [2.75, 3.05) is 46.2 Å². The van der Waals surface area contributed by atoms with E-state index in [0.717, 1.165) is 24.8 Å². The second-order valence-corrected chi connectivity index (χ2v) is 5.75. The zero-order chi connectivity index (χ0) is 14.8. The molecule has 0 aromatic heterocycles. The summed E-state index contributed by atoms with van der Waals surface area (Å²) in [5.41, 5.74) is 1.31. The van der Waals surface area contributed by atoms with Crippen LogP contribution in [0.1, 0.15) is 11.6 Å². The Morgan fingerprint density at radius 1 is 1.25 bits per heavy atom. The molecular weight excluding hydrogens is 268 g/mol. The highest BCUT2D eigenvalue weighted by Crippen LogP contribution is 2.16. The molecule has 4 nitrogen and oxygen atoms in total. The fraction of sp³-hybridized carbons (Fsp3) is 0.533. The van der Waals surface area contributed by atoms with E-state index in [4.69, 9.17) is 0 Å². The summed E-state index contributed by atoms with van der Waals surface area (Å²) in [6.45, 7) is 1.76. The quantitative estimate of drug-likeness (QED) is 0.457. The standard InChI is InChI=1S/C15H26N4S/c1-16-15(17-10-11-20-4)18-12-14(19(2)3)13-8-6-5-7-9-13/h5-9,14H,10-12H2,1-4H3,(H2,16,17,18). The number of likely N-dealkylation sites (N-methyl/N-ethyl adjacent to an activating group) is 1. The molecule has 112 valence electrons. The van der Waals surface area contributed by atoms with Crippen LogP contribution in [0.15, 0.2) is 35.3 Å². The molecule has 1 aromatic carbocycles. The van der Waals surface area contributed by atoms with Gasteiger partial charge in [-0.2, -0.15) is 11.8 Å². The van der Waals surface area contributed by atoms with Gasteiger partial charge in [0.2, 0.25) is 0 Å². The summed E-state index contributed by atoms with van der Waals surface area (Å²) >= 11 is 1.83. The molecule has 1 atom stereocenters. The van der Waals surface area contributed by atoms with Crippen molar-refractivity contribution < 1.29 is 0 Å². The van der Waals surface area contributed by atoms with Crippen LogP contribution in [-0.4, -0.2) is 57.1 Å². The number of thioether (sulfide) groups is 1. The Labute approximate surface area is 127 Å². The topological polar surface area (TPSA) is 39.7 Å². The highest BCUT2D eigenvalue weighted by atomic mass is 32.2. The van der Waals surface area contributed by atoms with Crippen LogP contribution in [0.3, 0.4) is 0 Å². The predicted octanol–water partition coefficient (Wildman–Crippen LogP) is 1.82. The summed E-state index contributed by atoms with van der Waals surface area (Å²) in [5, 5.41) is 6.71. The molecule has 1 unspecified atom stereocenters. The lowest BCUT2D eigenvalue weighted by Gasteiger charge is -2.26. The molecule has 0 radical (unpaired) electrons. The molecule has 0 bridgehead atoms. The van der Waals surface area contributed by atoms with Crippen molar-refractivity contribution in [1.82, 2.24) is 15.5 Å². The second kappa shape index (κ2) is 9.66. The van der Waals surface area contributed by atoms with Crippen molar-refractivity contribution in [3.8, 4) is 0 Å². The minimum Gasteiger partial charge on any atom is -0.356 e. The van der Waals surface area contributed by atoms with Crippen LogP contribution in [0.2, 0.25) is 0 Å². The maximum atomic E-state index is 4.25. The first-order valence-electron chi connectivity index (χ1n) is 6.84. The van der Waals surface area contributed by atoms with Gasteiger partial charge in [-0.3, -0.25) is 4.99 Å². The third-order valence-electron chi connectivity index (χ3n) is 3.09. The van der Waals surface area contributed by atoms with Gasteiger partial charge in [0.15, 0.2) is 5.96 Å². The monoisotopic (exact) mass is 294 g/mol. The van der Waals surface area contributed by atoms with E-state index in [1.54, 1.807) is 0 Å². The first-order chi connectivity index (χ1) is 9.69. The van der Waals surface area contributed by atoms with Crippen LogP contribution in [0.5, 0.6) is 0 Å². The van der Waals surface area contributed by atoms with Gasteiger partial charge < -0.3 is 15.5 Å². The van der Waals surface area contributed by atoms with E-state index in [1.807, 2.05) is 24.9 Å². The number of benzene rings is 1. The van der Waals surface area contributed by atoms with E-state index >= 15 is 0 Å². The number of nitrogens with zero attached hydrogens (tertiary/aromatic N) is 2. The van der Waals surface area contributed by atoms with Gasteiger partial charge in [0.25, 0.3) is 0 Å². The summed E-state index contributed by atoms with van der Waals surface area (Å²) in [6.07, 6.45) is 2.11. The average Bonchev–Trinajstić information content (AvgIpc) is 2.46. The third-order valence-corrected chi connectivity index (χ3v) is 3.71. The molecule has 0 saturated heterocycles. The van der Waals surface area contributed by atoms with Crippen molar-refractivity contribution >= 4 is 17.7 Å². The predicted molar refractivity (Wildman–Crippen MR) is 90.6 cm³/mol. The molecule has 1 aromatic rings. The second-order valence-electron chi connectivity index (χ2n) is 4.76. The summed E-state index contributed by atoms with van der Waals surface area (Å²) in [6, 6.07) is 10.9. The Morgan fingerprint density at radius 2 is 1.95 bits per heavy atom. The molecule has 1 rings (SSSR count). The van der Waals surface area contributed by atoms with Gasteiger partial charge in [0.05, 0.1) is 6.04 Å². The Morgan fingerprint density at radius 3 is 2.50 bits per heavy atom. The fourth-order valence-corrected chi connectivity index (χ4v) is 2.27. The highest BCUT2D eigenvalue weighted by molar-refractivity contribution is 7.98. The number of hydrogen-bond donors (Lipinski definition) is 2. The molecule has 20 heavy (non-hydrogen) atoms. The van der Waals surface area contributed by atoms with Gasteiger partial charge in [-0.1, -0.05) is 30.3 Å². The first kappa shape index (κ1) is 16.9. The van der Waals surface area contributed by atoms with E-state index in [-0.39, 0.29) is 0 Å². The Bertz CT molecular complexity index is 392. The smallest absolute Gasteiger partial charge is 0.191 e. The molecular formula is C15H26N4S. The number of guanidine groups is 1. The van der Waals surface area contributed by atoms with Crippen LogP contribution in [-0.2, 0) is 0 Å². The van der Waals surface area contributed by atoms with Crippen LogP contribution in [0.25, 0.3) is 0 Å². The number of rotatable bonds is 7. The van der Waals surface area contributed by atoms with Crippen LogP contribution in [0.4, 0.5) is 0 Å². The van der Waals surface area contributed by atoms with Gasteiger partial charge in [-0.05, 0) is 25.9 Å². The van der Waals surface area contributed by atoms with E-state index in [9.17, 15) is 0 Å². The van der Waals surface area contributed by atoms with E-state index in [1.165, 1.54) is 5.56 Å². The number of nitrogens with one attached hydrogen (secondary N) is 2. The van der Waals surface area contributed by atoms with Gasteiger partial charge in [-0.15, -0.1) is 0 Å². The lowest BCUT2D eigenvalue weighted by Crippen LogP contribution is -2.42. The minimum atomic E-state index is 0.329. The maximum absolute atomic E-state index is 4.25. The molecule has 0 fully saturated rings. The Balaban J connectivity index is 2.54. The van der Waals surface area contributed by atoms with E-state index < -0.39 is 0 Å². The highest BCUT2D eigenvalue weighted by Gasteiger charge is 2.13. The van der Waals surface area contributed by atoms with Crippen molar-refractivity contribution in [2.45, 2.75) is 6.04 Å². The molecule has 5 heteroatoms.